The van der Waals surface area contributed by atoms with Crippen molar-refractivity contribution in [3.63, 3.8) is 0 Å². The first kappa shape index (κ1) is 17.8. The first-order chi connectivity index (χ1) is 13.2. The second-order valence-corrected chi connectivity index (χ2v) is 7.67. The fraction of sp³-hybridized carbons (Fsp3) is 0.476. The lowest BCUT2D eigenvalue weighted by Crippen LogP contribution is -2.45. The molecule has 2 aliphatic rings. The van der Waals surface area contributed by atoms with E-state index in [9.17, 15) is 9.59 Å². The molecule has 6 heteroatoms. The summed E-state index contributed by atoms with van der Waals surface area (Å²) in [4.78, 5) is 30.8. The fourth-order valence-electron chi connectivity index (χ4n) is 3.74. The van der Waals surface area contributed by atoms with E-state index in [2.05, 4.69) is 22.4 Å². The number of hydrogen-bond acceptors (Lipinski definition) is 3. The topological polar surface area (TPSA) is 67.2 Å². The van der Waals surface area contributed by atoms with Gasteiger partial charge in [0.1, 0.15) is 0 Å². The van der Waals surface area contributed by atoms with Crippen LogP contribution in [0.3, 0.4) is 0 Å². The van der Waals surface area contributed by atoms with Crippen LogP contribution in [0.1, 0.15) is 36.8 Å². The number of aromatic nitrogens is 2. The molecule has 1 aromatic carbocycles. The van der Waals surface area contributed by atoms with Crippen molar-refractivity contribution in [1.29, 1.82) is 0 Å². The predicted molar refractivity (Wildman–Crippen MR) is 102 cm³/mol. The van der Waals surface area contributed by atoms with Gasteiger partial charge in [-0.15, -0.1) is 0 Å². The number of hydrogen-bond donors (Lipinski definition) is 1. The molecule has 2 aromatic rings. The third-order valence-corrected chi connectivity index (χ3v) is 5.41. The molecule has 2 fully saturated rings. The molecule has 6 nitrogen and oxygen atoms in total. The van der Waals surface area contributed by atoms with Crippen molar-refractivity contribution in [1.82, 2.24) is 19.8 Å². The van der Waals surface area contributed by atoms with E-state index in [0.717, 1.165) is 44.3 Å². The lowest BCUT2D eigenvalue weighted by Gasteiger charge is -2.32. The molecule has 2 amide bonds. The van der Waals surface area contributed by atoms with E-state index in [1.54, 1.807) is 12.5 Å². The first-order valence-corrected chi connectivity index (χ1v) is 9.79. The van der Waals surface area contributed by atoms with E-state index in [1.807, 2.05) is 27.8 Å². The Morgan fingerprint density at radius 3 is 2.78 bits per heavy atom. The van der Waals surface area contributed by atoms with Gasteiger partial charge in [-0.25, -0.2) is 4.98 Å². The minimum Gasteiger partial charge on any atom is -0.352 e. The number of benzene rings is 1. The van der Waals surface area contributed by atoms with Gasteiger partial charge in [-0.1, -0.05) is 24.3 Å². The van der Waals surface area contributed by atoms with Gasteiger partial charge < -0.3 is 14.8 Å². The van der Waals surface area contributed by atoms with Crippen LogP contribution in [0.2, 0.25) is 0 Å². The third kappa shape index (κ3) is 4.56. The molecule has 0 radical (unpaired) electrons. The van der Waals surface area contributed by atoms with Crippen LogP contribution in [0, 0.1) is 11.8 Å². The summed E-state index contributed by atoms with van der Waals surface area (Å²) < 4.78 is 2.02. The second-order valence-electron chi connectivity index (χ2n) is 7.67. The second kappa shape index (κ2) is 7.94. The number of likely N-dealkylation sites (tertiary alicyclic amines) is 1. The zero-order valence-corrected chi connectivity index (χ0v) is 15.5. The molecule has 1 aromatic heterocycles. The summed E-state index contributed by atoms with van der Waals surface area (Å²) in [5, 5.41) is 3.06. The minimum absolute atomic E-state index is 0.0586. The van der Waals surface area contributed by atoms with Gasteiger partial charge in [0.25, 0.3) is 0 Å². The van der Waals surface area contributed by atoms with Crippen LogP contribution in [0.5, 0.6) is 0 Å². The van der Waals surface area contributed by atoms with Crippen molar-refractivity contribution in [2.24, 2.45) is 11.8 Å². The SMILES string of the molecule is O=C(NCc1cccc(Cn2ccnc2)c1)C1CCCN(C(=O)C2CC2)C1. The molecule has 1 aliphatic carbocycles. The molecule has 2 heterocycles. The Morgan fingerprint density at radius 1 is 1.15 bits per heavy atom. The number of piperidine rings is 1. The number of carbonyl (C=O) groups excluding carboxylic acids is 2. The summed E-state index contributed by atoms with van der Waals surface area (Å²) in [5.41, 5.74) is 2.27. The van der Waals surface area contributed by atoms with E-state index in [0.29, 0.717) is 13.1 Å². The van der Waals surface area contributed by atoms with E-state index in [-0.39, 0.29) is 23.7 Å². The van der Waals surface area contributed by atoms with Gasteiger partial charge in [-0.05, 0) is 36.8 Å². The fourth-order valence-corrected chi connectivity index (χ4v) is 3.74. The van der Waals surface area contributed by atoms with Crippen LogP contribution < -0.4 is 5.32 Å². The third-order valence-electron chi connectivity index (χ3n) is 5.41. The quantitative estimate of drug-likeness (QED) is 0.852. The molecule has 0 spiro atoms. The van der Waals surface area contributed by atoms with Crippen LogP contribution in [0.15, 0.2) is 43.0 Å². The standard InChI is InChI=1S/C21H26N4O2/c26-20(19-5-2-9-25(14-19)21(27)18-6-7-18)23-12-16-3-1-4-17(11-16)13-24-10-8-22-15-24/h1,3-4,8,10-11,15,18-19H,2,5-7,9,12-14H2,(H,23,26). The maximum absolute atomic E-state index is 12.6. The van der Waals surface area contributed by atoms with Gasteiger partial charge in [-0.3, -0.25) is 9.59 Å². The zero-order chi connectivity index (χ0) is 18.6. The molecular formula is C21H26N4O2. The summed E-state index contributed by atoms with van der Waals surface area (Å²) in [6.07, 6.45) is 9.31. The van der Waals surface area contributed by atoms with Gasteiger partial charge in [0.15, 0.2) is 0 Å². The van der Waals surface area contributed by atoms with Crippen LogP contribution in [0.4, 0.5) is 0 Å². The Hall–Kier alpha value is -2.63. The molecule has 27 heavy (non-hydrogen) atoms. The summed E-state index contributed by atoms with van der Waals surface area (Å²) in [6.45, 7) is 2.66. The summed E-state index contributed by atoms with van der Waals surface area (Å²) in [6, 6.07) is 8.24. The van der Waals surface area contributed by atoms with Crippen LogP contribution in [0.25, 0.3) is 0 Å². The largest absolute Gasteiger partial charge is 0.352 e. The highest BCUT2D eigenvalue weighted by Gasteiger charge is 2.36. The molecule has 1 unspecified atom stereocenters. The molecule has 1 atom stereocenters. The van der Waals surface area contributed by atoms with Crippen molar-refractivity contribution in [3.8, 4) is 0 Å². The van der Waals surface area contributed by atoms with Gasteiger partial charge in [0.05, 0.1) is 12.2 Å². The Balaban J connectivity index is 1.30. The molecule has 1 saturated heterocycles. The van der Waals surface area contributed by atoms with Crippen LogP contribution in [-0.4, -0.2) is 39.4 Å². The van der Waals surface area contributed by atoms with Crippen LogP contribution in [-0.2, 0) is 22.7 Å². The lowest BCUT2D eigenvalue weighted by molar-refractivity contribution is -0.136. The normalized spacial score (nSPS) is 19.7. The lowest BCUT2D eigenvalue weighted by atomic mass is 9.96. The van der Waals surface area contributed by atoms with Gasteiger partial charge in [0, 0.05) is 44.5 Å². The summed E-state index contributed by atoms with van der Waals surface area (Å²) in [7, 11) is 0. The van der Waals surface area contributed by atoms with E-state index < -0.39 is 0 Å². The number of nitrogens with one attached hydrogen (secondary N) is 1. The van der Waals surface area contributed by atoms with Crippen molar-refractivity contribution in [2.75, 3.05) is 13.1 Å². The first-order valence-electron chi connectivity index (χ1n) is 9.79. The highest BCUT2D eigenvalue weighted by Crippen LogP contribution is 2.32. The Labute approximate surface area is 159 Å². The van der Waals surface area contributed by atoms with E-state index >= 15 is 0 Å². The average Bonchev–Trinajstić information content (AvgIpc) is 3.43. The maximum atomic E-state index is 12.6. The zero-order valence-electron chi connectivity index (χ0n) is 15.5. The molecule has 1 saturated carbocycles. The molecule has 142 valence electrons. The van der Waals surface area contributed by atoms with Crippen molar-refractivity contribution >= 4 is 11.8 Å². The number of amides is 2. The predicted octanol–water partition coefficient (Wildman–Crippen LogP) is 2.20. The maximum Gasteiger partial charge on any atom is 0.225 e. The monoisotopic (exact) mass is 366 g/mol. The molecule has 0 bridgehead atoms. The van der Waals surface area contributed by atoms with Gasteiger partial charge in [-0.2, -0.15) is 0 Å². The number of rotatable bonds is 6. The Morgan fingerprint density at radius 2 is 2.00 bits per heavy atom. The highest BCUT2D eigenvalue weighted by atomic mass is 16.2. The van der Waals surface area contributed by atoms with Crippen molar-refractivity contribution in [2.45, 2.75) is 38.8 Å². The summed E-state index contributed by atoms with van der Waals surface area (Å²) >= 11 is 0. The van der Waals surface area contributed by atoms with Gasteiger partial charge >= 0.3 is 0 Å². The Kier molecular flexibility index (Phi) is 5.23. The molecule has 4 rings (SSSR count). The smallest absolute Gasteiger partial charge is 0.225 e. The number of carbonyl (C=O) groups is 2. The molecule has 1 N–H and O–H groups in total. The van der Waals surface area contributed by atoms with E-state index in [1.165, 1.54) is 5.56 Å². The average molecular weight is 366 g/mol. The number of nitrogens with zero attached hydrogens (tertiary/aromatic N) is 3. The highest BCUT2D eigenvalue weighted by molar-refractivity contribution is 5.83. The number of imidazole rings is 1. The molecular weight excluding hydrogens is 340 g/mol. The summed E-state index contributed by atoms with van der Waals surface area (Å²) in [5.74, 6) is 0.448. The van der Waals surface area contributed by atoms with E-state index in [4.69, 9.17) is 0 Å². The van der Waals surface area contributed by atoms with Crippen LogP contribution >= 0.6 is 0 Å². The molecule has 1 aliphatic heterocycles. The van der Waals surface area contributed by atoms with Crippen molar-refractivity contribution in [3.05, 3.63) is 54.1 Å². The Bertz CT molecular complexity index is 798. The van der Waals surface area contributed by atoms with Gasteiger partial charge in [0.2, 0.25) is 11.8 Å². The minimum atomic E-state index is -0.0874. The van der Waals surface area contributed by atoms with Crippen molar-refractivity contribution < 1.29 is 9.59 Å².